The minimum Gasteiger partial charge on any atom is -0.377 e. The number of hydrogen-bond donors (Lipinski definition) is 1. The number of anilines is 1. The highest BCUT2D eigenvalue weighted by molar-refractivity contribution is 7.09. The van der Waals surface area contributed by atoms with Gasteiger partial charge in [-0.15, -0.1) is 0 Å². The Bertz CT molecular complexity index is 740. The lowest BCUT2D eigenvalue weighted by atomic mass is 10.1. The molecule has 2 saturated heterocycles. The molecular weight excluding hydrogens is 362 g/mol. The number of benzene rings is 1. The number of carbonyl (C=O) groups excluding carboxylic acids is 1. The average molecular weight is 388 g/mol. The van der Waals surface area contributed by atoms with Gasteiger partial charge in [-0.25, -0.2) is 4.98 Å². The van der Waals surface area contributed by atoms with Crippen molar-refractivity contribution in [3.05, 3.63) is 41.7 Å². The maximum atomic E-state index is 12.4. The fraction of sp³-hybridized carbons (Fsp3) is 0.526. The molecule has 1 unspecified atom stereocenters. The molecule has 0 saturated carbocycles. The van der Waals surface area contributed by atoms with E-state index in [-0.39, 0.29) is 5.91 Å². The number of nitrogens with one attached hydrogen (secondary N) is 1. The molecule has 0 spiro atoms. The summed E-state index contributed by atoms with van der Waals surface area (Å²) in [7, 11) is 0. The van der Waals surface area contributed by atoms with Gasteiger partial charge in [0.25, 0.3) is 5.91 Å². The van der Waals surface area contributed by atoms with Gasteiger partial charge in [0.05, 0.1) is 6.10 Å². The third kappa shape index (κ3) is 5.10. The Balaban J connectivity index is 1.28. The van der Waals surface area contributed by atoms with E-state index in [1.165, 1.54) is 30.7 Å². The van der Waals surface area contributed by atoms with Crippen molar-refractivity contribution in [2.24, 2.45) is 0 Å². The van der Waals surface area contributed by atoms with Crippen LogP contribution >= 0.6 is 11.5 Å². The van der Waals surface area contributed by atoms with Crippen molar-refractivity contribution in [1.29, 1.82) is 0 Å². The monoisotopic (exact) mass is 387 g/mol. The van der Waals surface area contributed by atoms with E-state index in [0.717, 1.165) is 51.4 Å². The van der Waals surface area contributed by atoms with Crippen LogP contribution in [0.4, 0.5) is 5.13 Å². The van der Waals surface area contributed by atoms with Gasteiger partial charge in [0.15, 0.2) is 0 Å². The molecule has 2 fully saturated rings. The van der Waals surface area contributed by atoms with Crippen LogP contribution in [-0.4, -0.2) is 70.5 Å². The lowest BCUT2D eigenvalue weighted by Gasteiger charge is -2.35. The Morgan fingerprint density at radius 2 is 2.11 bits per heavy atom. The predicted octanol–water partition coefficient (Wildman–Crippen LogP) is 2.09. The van der Waals surface area contributed by atoms with Crippen molar-refractivity contribution >= 4 is 22.6 Å². The molecule has 0 bridgehead atoms. The Kier molecular flexibility index (Phi) is 6.08. The number of carbonyl (C=O) groups is 1. The maximum absolute atomic E-state index is 12.4. The highest BCUT2D eigenvalue weighted by Crippen LogP contribution is 2.16. The third-order valence-corrected chi connectivity index (χ3v) is 5.71. The summed E-state index contributed by atoms with van der Waals surface area (Å²) in [6.45, 7) is 7.12. The van der Waals surface area contributed by atoms with Crippen LogP contribution in [0, 0.1) is 0 Å². The molecular formula is C19H25N5O2S. The van der Waals surface area contributed by atoms with E-state index in [2.05, 4.69) is 30.5 Å². The van der Waals surface area contributed by atoms with Crippen LogP contribution in [0.2, 0.25) is 0 Å². The zero-order valence-corrected chi connectivity index (χ0v) is 16.2. The second kappa shape index (κ2) is 8.88. The molecule has 1 atom stereocenters. The molecule has 1 amide bonds. The van der Waals surface area contributed by atoms with Crippen LogP contribution in [0.25, 0.3) is 0 Å². The minimum atomic E-state index is -0.144. The van der Waals surface area contributed by atoms with Crippen LogP contribution in [0.1, 0.15) is 28.8 Å². The molecule has 2 aromatic rings. The van der Waals surface area contributed by atoms with Gasteiger partial charge in [-0.1, -0.05) is 12.1 Å². The number of aromatic nitrogens is 2. The normalized spacial score (nSPS) is 21.4. The molecule has 27 heavy (non-hydrogen) atoms. The molecule has 0 radical (unpaired) electrons. The summed E-state index contributed by atoms with van der Waals surface area (Å²) in [5, 5.41) is 3.30. The number of amides is 1. The predicted molar refractivity (Wildman–Crippen MR) is 105 cm³/mol. The summed E-state index contributed by atoms with van der Waals surface area (Å²) >= 11 is 1.18. The van der Waals surface area contributed by atoms with Gasteiger partial charge in [0.2, 0.25) is 5.13 Å². The SMILES string of the molecule is O=C(Nc1ncns1)c1cccc(CN2CCN(CC3CCCO3)CC2)c1. The van der Waals surface area contributed by atoms with Crippen LogP contribution in [0.3, 0.4) is 0 Å². The first-order valence-electron chi connectivity index (χ1n) is 9.49. The fourth-order valence-electron chi connectivity index (χ4n) is 3.67. The highest BCUT2D eigenvalue weighted by atomic mass is 32.1. The first kappa shape index (κ1) is 18.5. The summed E-state index contributed by atoms with van der Waals surface area (Å²) in [6.07, 6.45) is 4.27. The number of nitrogens with zero attached hydrogens (tertiary/aromatic N) is 4. The summed E-state index contributed by atoms with van der Waals surface area (Å²) in [5.74, 6) is -0.144. The summed E-state index contributed by atoms with van der Waals surface area (Å²) < 4.78 is 9.65. The van der Waals surface area contributed by atoms with Crippen LogP contribution in [-0.2, 0) is 11.3 Å². The highest BCUT2D eigenvalue weighted by Gasteiger charge is 2.23. The maximum Gasteiger partial charge on any atom is 0.257 e. The molecule has 0 aliphatic carbocycles. The van der Waals surface area contributed by atoms with Crippen LogP contribution in [0.15, 0.2) is 30.6 Å². The molecule has 144 valence electrons. The van der Waals surface area contributed by atoms with Gasteiger partial charge >= 0.3 is 0 Å². The van der Waals surface area contributed by atoms with Crippen LogP contribution in [0.5, 0.6) is 0 Å². The molecule has 1 aromatic heterocycles. The Hall–Kier alpha value is -1.87. The molecule has 3 heterocycles. The Morgan fingerprint density at radius 3 is 2.85 bits per heavy atom. The number of hydrogen-bond acceptors (Lipinski definition) is 7. The zero-order valence-electron chi connectivity index (χ0n) is 15.3. The summed E-state index contributed by atoms with van der Waals surface area (Å²) in [6, 6.07) is 7.83. The number of piperazine rings is 1. The fourth-order valence-corrected chi connectivity index (χ4v) is 4.10. The van der Waals surface area contributed by atoms with E-state index in [1.54, 1.807) is 0 Å². The molecule has 7 nitrogen and oxygen atoms in total. The van der Waals surface area contributed by atoms with Gasteiger partial charge < -0.3 is 4.74 Å². The molecule has 1 aromatic carbocycles. The average Bonchev–Trinajstić information content (AvgIpc) is 3.38. The van der Waals surface area contributed by atoms with Crippen molar-refractivity contribution in [1.82, 2.24) is 19.2 Å². The van der Waals surface area contributed by atoms with Gasteiger partial charge in [0, 0.05) is 63.0 Å². The smallest absolute Gasteiger partial charge is 0.257 e. The van der Waals surface area contributed by atoms with E-state index in [9.17, 15) is 4.79 Å². The molecule has 2 aliphatic heterocycles. The standard InChI is InChI=1S/C19H25N5O2S/c25-18(22-19-20-14-21-27-19)16-4-1-3-15(11-16)12-23-6-8-24(9-7-23)13-17-5-2-10-26-17/h1,3-4,11,14,17H,2,5-10,12-13H2,(H,20,21,22,25). The van der Waals surface area contributed by atoms with Crippen molar-refractivity contribution in [3.8, 4) is 0 Å². The van der Waals surface area contributed by atoms with Gasteiger partial charge in [-0.05, 0) is 30.5 Å². The summed E-state index contributed by atoms with van der Waals surface area (Å²) in [4.78, 5) is 21.3. The van der Waals surface area contributed by atoms with Crippen LogP contribution < -0.4 is 5.32 Å². The molecule has 4 rings (SSSR count). The zero-order chi connectivity index (χ0) is 18.5. The lowest BCUT2D eigenvalue weighted by Crippen LogP contribution is -2.48. The van der Waals surface area contributed by atoms with E-state index in [0.29, 0.717) is 16.8 Å². The minimum absolute atomic E-state index is 0.144. The molecule has 1 N–H and O–H groups in total. The second-order valence-corrected chi connectivity index (χ2v) is 7.89. The van der Waals surface area contributed by atoms with E-state index < -0.39 is 0 Å². The van der Waals surface area contributed by atoms with Gasteiger partial charge in [0.1, 0.15) is 6.33 Å². The summed E-state index contributed by atoms with van der Waals surface area (Å²) in [5.41, 5.74) is 1.81. The quantitative estimate of drug-likeness (QED) is 0.818. The van der Waals surface area contributed by atoms with E-state index in [4.69, 9.17) is 4.74 Å². The van der Waals surface area contributed by atoms with Crippen molar-refractivity contribution in [2.75, 3.05) is 44.6 Å². The molecule has 8 heteroatoms. The lowest BCUT2D eigenvalue weighted by molar-refractivity contribution is 0.0489. The Labute approximate surface area is 163 Å². The topological polar surface area (TPSA) is 70.6 Å². The van der Waals surface area contributed by atoms with E-state index in [1.807, 2.05) is 18.2 Å². The van der Waals surface area contributed by atoms with E-state index >= 15 is 0 Å². The van der Waals surface area contributed by atoms with Crippen molar-refractivity contribution in [3.63, 3.8) is 0 Å². The number of ether oxygens (including phenoxy) is 1. The number of rotatable bonds is 6. The molecule has 2 aliphatic rings. The Morgan fingerprint density at radius 1 is 1.26 bits per heavy atom. The van der Waals surface area contributed by atoms with Crippen molar-refractivity contribution < 1.29 is 9.53 Å². The third-order valence-electron chi connectivity index (χ3n) is 5.13. The van der Waals surface area contributed by atoms with Crippen molar-refractivity contribution in [2.45, 2.75) is 25.5 Å². The second-order valence-electron chi connectivity index (χ2n) is 7.11. The van der Waals surface area contributed by atoms with Gasteiger partial charge in [-0.3, -0.25) is 19.9 Å². The van der Waals surface area contributed by atoms with Gasteiger partial charge in [-0.2, -0.15) is 4.37 Å². The first-order chi connectivity index (χ1) is 13.3. The largest absolute Gasteiger partial charge is 0.377 e. The first-order valence-corrected chi connectivity index (χ1v) is 10.3.